The maximum Gasteiger partial charge on any atom is 0.409 e. The zero-order valence-electron chi connectivity index (χ0n) is 17.8. The van der Waals surface area contributed by atoms with Gasteiger partial charge in [0, 0.05) is 5.92 Å². The molecule has 2 amide bonds. The molecule has 1 fully saturated rings. The first-order chi connectivity index (χ1) is 16.3. The summed E-state index contributed by atoms with van der Waals surface area (Å²) in [5.74, 6) is -0.820. The van der Waals surface area contributed by atoms with Gasteiger partial charge >= 0.3 is 6.18 Å². The number of hydrogen-bond acceptors (Lipinski definition) is 5. The summed E-state index contributed by atoms with van der Waals surface area (Å²) in [4.78, 5) is 30.5. The number of fused-ring (bicyclic) bond motifs is 1. The summed E-state index contributed by atoms with van der Waals surface area (Å²) in [5.41, 5.74) is 1.01. The van der Waals surface area contributed by atoms with Gasteiger partial charge in [0.25, 0.3) is 0 Å². The Bertz CT molecular complexity index is 1230. The van der Waals surface area contributed by atoms with Gasteiger partial charge in [-0.25, -0.2) is 9.67 Å². The number of nitrogens with zero attached hydrogens (tertiary/aromatic N) is 4. The van der Waals surface area contributed by atoms with Crippen molar-refractivity contribution in [3.63, 3.8) is 0 Å². The number of alkyl halides is 3. The van der Waals surface area contributed by atoms with Crippen LogP contribution in [0.1, 0.15) is 31.0 Å². The van der Waals surface area contributed by atoms with Gasteiger partial charge in [0.05, 0.1) is 29.2 Å². The van der Waals surface area contributed by atoms with Gasteiger partial charge in [0.2, 0.25) is 17.0 Å². The van der Waals surface area contributed by atoms with Crippen molar-refractivity contribution in [1.29, 1.82) is 0 Å². The molecule has 3 aromatic rings. The molecule has 1 N–H and O–H groups in total. The second-order valence-electron chi connectivity index (χ2n) is 8.15. The third kappa shape index (κ3) is 4.52. The van der Waals surface area contributed by atoms with Gasteiger partial charge in [0.15, 0.2) is 0 Å². The standard InChI is InChI=1S/C23H20F3N5O2S/c24-23(25,26)18-12-19(32)27-16-8-4-5-9-17(16)30(18)20(33)13-34-22-28-21(14-10-11-14)31(29-22)15-6-2-1-3-7-15/h1-9,14,18H,10-13H2,(H,27,32). The molecule has 1 atom stereocenters. The molecule has 176 valence electrons. The molecule has 5 rings (SSSR count). The average Bonchev–Trinajstić information content (AvgIpc) is 3.59. The maximum absolute atomic E-state index is 13.9. The number of thioether (sulfide) groups is 1. The number of para-hydroxylation sites is 3. The fourth-order valence-electron chi connectivity index (χ4n) is 3.92. The van der Waals surface area contributed by atoms with Crippen molar-refractivity contribution in [2.45, 2.75) is 42.6 Å². The molecule has 2 aliphatic rings. The summed E-state index contributed by atoms with van der Waals surface area (Å²) in [5, 5.41) is 7.29. The van der Waals surface area contributed by atoms with E-state index in [0.717, 1.165) is 36.1 Å². The molecule has 0 spiro atoms. The van der Waals surface area contributed by atoms with Crippen LogP contribution in [0.2, 0.25) is 0 Å². The molecule has 0 bridgehead atoms. The minimum Gasteiger partial charge on any atom is -0.324 e. The van der Waals surface area contributed by atoms with E-state index in [2.05, 4.69) is 15.4 Å². The zero-order valence-corrected chi connectivity index (χ0v) is 18.6. The Balaban J connectivity index is 1.42. The van der Waals surface area contributed by atoms with Crippen LogP contribution in [0, 0.1) is 0 Å². The van der Waals surface area contributed by atoms with Crippen molar-refractivity contribution in [2.24, 2.45) is 0 Å². The molecule has 0 saturated heterocycles. The Hall–Kier alpha value is -3.34. The highest BCUT2D eigenvalue weighted by Crippen LogP contribution is 2.41. The van der Waals surface area contributed by atoms with Gasteiger partial charge < -0.3 is 5.32 Å². The molecule has 1 aliphatic heterocycles. The van der Waals surface area contributed by atoms with Crippen LogP contribution in [-0.2, 0) is 9.59 Å². The third-order valence-corrected chi connectivity index (χ3v) is 6.48. The Morgan fingerprint density at radius 3 is 2.50 bits per heavy atom. The first kappa shape index (κ1) is 22.5. The van der Waals surface area contributed by atoms with Crippen molar-refractivity contribution in [3.05, 3.63) is 60.4 Å². The molecule has 7 nitrogen and oxygen atoms in total. The largest absolute Gasteiger partial charge is 0.409 e. The quantitative estimate of drug-likeness (QED) is 0.535. The van der Waals surface area contributed by atoms with Crippen molar-refractivity contribution in [1.82, 2.24) is 14.8 Å². The highest BCUT2D eigenvalue weighted by atomic mass is 32.2. The second kappa shape index (κ2) is 8.79. The molecule has 0 radical (unpaired) electrons. The number of aromatic nitrogens is 3. The van der Waals surface area contributed by atoms with Crippen LogP contribution < -0.4 is 10.2 Å². The highest BCUT2D eigenvalue weighted by molar-refractivity contribution is 7.99. The monoisotopic (exact) mass is 487 g/mol. The normalized spacial score (nSPS) is 18.3. The first-order valence-corrected chi connectivity index (χ1v) is 11.7. The Morgan fingerprint density at radius 2 is 1.79 bits per heavy atom. The second-order valence-corrected chi connectivity index (χ2v) is 9.10. The summed E-state index contributed by atoms with van der Waals surface area (Å²) >= 11 is 0.985. The minimum atomic E-state index is -4.78. The summed E-state index contributed by atoms with van der Waals surface area (Å²) in [7, 11) is 0. The van der Waals surface area contributed by atoms with E-state index in [4.69, 9.17) is 0 Å². The highest BCUT2D eigenvalue weighted by Gasteiger charge is 2.49. The summed E-state index contributed by atoms with van der Waals surface area (Å²) in [6.07, 6.45) is -3.66. The fourth-order valence-corrected chi connectivity index (χ4v) is 4.61. The van der Waals surface area contributed by atoms with Crippen molar-refractivity contribution >= 4 is 35.0 Å². The van der Waals surface area contributed by atoms with Gasteiger partial charge in [0.1, 0.15) is 11.9 Å². The van der Waals surface area contributed by atoms with Crippen molar-refractivity contribution in [3.8, 4) is 5.69 Å². The number of nitrogens with one attached hydrogen (secondary N) is 1. The number of rotatable bonds is 5. The van der Waals surface area contributed by atoms with E-state index in [0.29, 0.717) is 10.1 Å². The zero-order chi connectivity index (χ0) is 23.9. The van der Waals surface area contributed by atoms with Gasteiger partial charge in [-0.05, 0) is 37.1 Å². The SMILES string of the molecule is O=C1CC(C(F)(F)F)N(C(=O)CSc2nc(C3CC3)n(-c3ccccc3)n2)c2ccccc2N1. The van der Waals surface area contributed by atoms with Gasteiger partial charge in [-0.3, -0.25) is 14.5 Å². The van der Waals surface area contributed by atoms with Crippen LogP contribution >= 0.6 is 11.8 Å². The van der Waals surface area contributed by atoms with Gasteiger partial charge in [-0.15, -0.1) is 5.10 Å². The average molecular weight is 488 g/mol. The van der Waals surface area contributed by atoms with E-state index >= 15 is 0 Å². The Labute approximate surface area is 197 Å². The minimum absolute atomic E-state index is 0.0164. The van der Waals surface area contributed by atoms with Crippen LogP contribution in [0.5, 0.6) is 0 Å². The van der Waals surface area contributed by atoms with Gasteiger partial charge in [-0.1, -0.05) is 42.1 Å². The van der Waals surface area contributed by atoms with E-state index in [1.54, 1.807) is 10.7 Å². The number of carbonyl (C=O) groups excluding carboxylic acids is 2. The number of carbonyl (C=O) groups is 2. The van der Waals surface area contributed by atoms with Crippen LogP contribution in [0.15, 0.2) is 59.8 Å². The molecule has 2 heterocycles. The summed E-state index contributed by atoms with van der Waals surface area (Å²) < 4.78 is 43.4. The van der Waals surface area contributed by atoms with E-state index in [9.17, 15) is 22.8 Å². The number of halogens is 3. The molecular weight excluding hydrogens is 467 g/mol. The van der Waals surface area contributed by atoms with E-state index in [1.165, 1.54) is 18.2 Å². The number of amides is 2. The molecule has 1 aliphatic carbocycles. The third-order valence-electron chi connectivity index (χ3n) is 5.66. The topological polar surface area (TPSA) is 80.1 Å². The first-order valence-electron chi connectivity index (χ1n) is 10.7. The van der Waals surface area contributed by atoms with Crippen LogP contribution in [0.4, 0.5) is 24.5 Å². The fraction of sp³-hybridized carbons (Fsp3) is 0.304. The van der Waals surface area contributed by atoms with Crippen molar-refractivity contribution in [2.75, 3.05) is 16.0 Å². The smallest absolute Gasteiger partial charge is 0.324 e. The molecular formula is C23H20F3N5O2S. The molecule has 11 heteroatoms. The number of anilines is 2. The lowest BCUT2D eigenvalue weighted by Gasteiger charge is -2.31. The number of hydrogen-bond donors (Lipinski definition) is 1. The van der Waals surface area contributed by atoms with Crippen LogP contribution in [0.3, 0.4) is 0 Å². The molecule has 1 aromatic heterocycles. The lowest BCUT2D eigenvalue weighted by molar-refractivity contribution is -0.157. The summed E-state index contributed by atoms with van der Waals surface area (Å²) in [6.45, 7) is 0. The Kier molecular flexibility index (Phi) is 5.80. The predicted molar refractivity (Wildman–Crippen MR) is 121 cm³/mol. The van der Waals surface area contributed by atoms with Crippen LogP contribution in [-0.4, -0.2) is 44.5 Å². The van der Waals surface area contributed by atoms with E-state index < -0.39 is 30.5 Å². The lowest BCUT2D eigenvalue weighted by atomic mass is 10.1. The van der Waals surface area contributed by atoms with Crippen LogP contribution in [0.25, 0.3) is 5.69 Å². The predicted octanol–water partition coefficient (Wildman–Crippen LogP) is 4.54. The molecule has 2 aromatic carbocycles. The lowest BCUT2D eigenvalue weighted by Crippen LogP contribution is -2.50. The number of benzene rings is 2. The maximum atomic E-state index is 13.9. The molecule has 1 unspecified atom stereocenters. The van der Waals surface area contributed by atoms with E-state index in [1.807, 2.05) is 30.3 Å². The van der Waals surface area contributed by atoms with Gasteiger partial charge in [-0.2, -0.15) is 13.2 Å². The Morgan fingerprint density at radius 1 is 1.09 bits per heavy atom. The van der Waals surface area contributed by atoms with E-state index in [-0.39, 0.29) is 23.0 Å². The summed E-state index contributed by atoms with van der Waals surface area (Å²) in [6, 6.07) is 13.2. The molecule has 34 heavy (non-hydrogen) atoms. The van der Waals surface area contributed by atoms with Crippen molar-refractivity contribution < 1.29 is 22.8 Å². The molecule has 1 saturated carbocycles.